The second-order valence-corrected chi connectivity index (χ2v) is 5.25. The maximum atomic E-state index is 4.36. The van der Waals surface area contributed by atoms with Crippen LogP contribution in [0.25, 0.3) is 0 Å². The van der Waals surface area contributed by atoms with Crippen molar-refractivity contribution in [3.63, 3.8) is 0 Å². The van der Waals surface area contributed by atoms with Gasteiger partial charge in [-0.05, 0) is 31.7 Å². The van der Waals surface area contributed by atoms with E-state index in [0.29, 0.717) is 6.04 Å². The zero-order valence-electron chi connectivity index (χ0n) is 9.99. The van der Waals surface area contributed by atoms with Crippen molar-refractivity contribution in [2.45, 2.75) is 46.1 Å². The first kappa shape index (κ1) is 12.7. The lowest BCUT2D eigenvalue weighted by molar-refractivity contribution is 0.472. The third-order valence-corrected chi connectivity index (χ3v) is 3.40. The van der Waals surface area contributed by atoms with E-state index in [9.17, 15) is 0 Å². The van der Waals surface area contributed by atoms with Crippen LogP contribution in [0.3, 0.4) is 0 Å². The van der Waals surface area contributed by atoms with Gasteiger partial charge in [-0.25, -0.2) is 4.98 Å². The highest BCUT2D eigenvalue weighted by Crippen LogP contribution is 2.18. The van der Waals surface area contributed by atoms with E-state index >= 15 is 0 Å². The molecule has 1 atom stereocenters. The van der Waals surface area contributed by atoms with Crippen LogP contribution in [0, 0.1) is 5.92 Å². The molecule has 86 valence electrons. The third-order valence-electron chi connectivity index (χ3n) is 2.51. The molecule has 15 heavy (non-hydrogen) atoms. The Morgan fingerprint density at radius 3 is 2.80 bits per heavy atom. The number of hydrogen-bond acceptors (Lipinski definition) is 3. The first-order valence-electron chi connectivity index (χ1n) is 5.86. The van der Waals surface area contributed by atoms with Gasteiger partial charge < -0.3 is 5.32 Å². The number of rotatable bonds is 7. The Labute approximate surface area is 97.1 Å². The minimum Gasteiger partial charge on any atom is -0.308 e. The number of aromatic nitrogens is 1. The summed E-state index contributed by atoms with van der Waals surface area (Å²) in [6.45, 7) is 7.87. The second kappa shape index (κ2) is 6.96. The SMILES string of the molecule is CCC(NCCCC(C)C)c1nccs1. The number of hydrogen-bond donors (Lipinski definition) is 1. The molecule has 3 heteroatoms. The molecule has 0 aliphatic heterocycles. The van der Waals surface area contributed by atoms with Crippen molar-refractivity contribution < 1.29 is 0 Å². The largest absolute Gasteiger partial charge is 0.308 e. The van der Waals surface area contributed by atoms with Crippen LogP contribution < -0.4 is 5.32 Å². The molecule has 0 aromatic carbocycles. The predicted molar refractivity (Wildman–Crippen MR) is 67.2 cm³/mol. The van der Waals surface area contributed by atoms with Crippen LogP contribution in [0.1, 0.15) is 51.1 Å². The second-order valence-electron chi connectivity index (χ2n) is 4.32. The quantitative estimate of drug-likeness (QED) is 0.718. The molecule has 0 radical (unpaired) electrons. The monoisotopic (exact) mass is 226 g/mol. The summed E-state index contributed by atoms with van der Waals surface area (Å²) in [6, 6.07) is 0.456. The standard InChI is InChI=1S/C12H22N2S/c1-4-11(12-14-8-9-15-12)13-7-5-6-10(2)3/h8-11,13H,4-7H2,1-3H3. The van der Waals surface area contributed by atoms with Gasteiger partial charge >= 0.3 is 0 Å². The molecule has 1 heterocycles. The Morgan fingerprint density at radius 1 is 1.47 bits per heavy atom. The highest BCUT2D eigenvalue weighted by atomic mass is 32.1. The minimum absolute atomic E-state index is 0.456. The van der Waals surface area contributed by atoms with Gasteiger partial charge in [-0.1, -0.05) is 20.8 Å². The highest BCUT2D eigenvalue weighted by Gasteiger charge is 2.10. The van der Waals surface area contributed by atoms with Crippen molar-refractivity contribution in [3.05, 3.63) is 16.6 Å². The van der Waals surface area contributed by atoms with E-state index in [1.54, 1.807) is 11.3 Å². The molecule has 0 fully saturated rings. The first-order chi connectivity index (χ1) is 7.24. The zero-order valence-corrected chi connectivity index (χ0v) is 10.8. The molecular weight excluding hydrogens is 204 g/mol. The Kier molecular flexibility index (Phi) is 5.88. The topological polar surface area (TPSA) is 24.9 Å². The van der Waals surface area contributed by atoms with Crippen molar-refractivity contribution in [2.75, 3.05) is 6.54 Å². The van der Waals surface area contributed by atoms with Crippen LogP contribution in [0.5, 0.6) is 0 Å². The summed E-state index contributed by atoms with van der Waals surface area (Å²) in [5, 5.41) is 6.85. The predicted octanol–water partition coefficient (Wildman–Crippen LogP) is 3.62. The minimum atomic E-state index is 0.456. The van der Waals surface area contributed by atoms with E-state index in [4.69, 9.17) is 0 Å². The van der Waals surface area contributed by atoms with Crippen LogP contribution in [0.4, 0.5) is 0 Å². The van der Waals surface area contributed by atoms with Crippen LogP contribution in [-0.2, 0) is 0 Å². The lowest BCUT2D eigenvalue weighted by Gasteiger charge is -2.14. The normalized spacial score (nSPS) is 13.3. The van der Waals surface area contributed by atoms with E-state index in [-0.39, 0.29) is 0 Å². The van der Waals surface area contributed by atoms with Gasteiger partial charge in [0.2, 0.25) is 0 Å². The summed E-state index contributed by atoms with van der Waals surface area (Å²) in [6.07, 6.45) is 5.58. The van der Waals surface area contributed by atoms with Crippen LogP contribution >= 0.6 is 11.3 Å². The summed E-state index contributed by atoms with van der Waals surface area (Å²) in [5.74, 6) is 0.812. The lowest BCUT2D eigenvalue weighted by Crippen LogP contribution is -2.22. The molecule has 1 unspecified atom stereocenters. The highest BCUT2D eigenvalue weighted by molar-refractivity contribution is 7.09. The summed E-state index contributed by atoms with van der Waals surface area (Å²) in [4.78, 5) is 4.36. The molecule has 0 aliphatic carbocycles. The van der Waals surface area contributed by atoms with Crippen molar-refractivity contribution in [1.29, 1.82) is 0 Å². The molecule has 0 bridgehead atoms. The van der Waals surface area contributed by atoms with E-state index in [2.05, 4.69) is 31.1 Å². The van der Waals surface area contributed by atoms with E-state index in [0.717, 1.165) is 18.9 Å². The number of nitrogens with one attached hydrogen (secondary N) is 1. The van der Waals surface area contributed by atoms with Gasteiger partial charge in [-0.3, -0.25) is 0 Å². The Hall–Kier alpha value is -0.410. The van der Waals surface area contributed by atoms with E-state index in [1.165, 1.54) is 17.8 Å². The molecule has 0 aliphatic rings. The van der Waals surface area contributed by atoms with Gasteiger partial charge in [0.15, 0.2) is 0 Å². The fourth-order valence-corrected chi connectivity index (χ4v) is 2.40. The third kappa shape index (κ3) is 4.76. The van der Waals surface area contributed by atoms with Crippen LogP contribution in [0.15, 0.2) is 11.6 Å². The van der Waals surface area contributed by atoms with Crippen molar-refractivity contribution in [1.82, 2.24) is 10.3 Å². The van der Waals surface area contributed by atoms with E-state index < -0.39 is 0 Å². The van der Waals surface area contributed by atoms with Crippen molar-refractivity contribution in [3.8, 4) is 0 Å². The van der Waals surface area contributed by atoms with Gasteiger partial charge in [0.25, 0.3) is 0 Å². The molecule has 1 rings (SSSR count). The Morgan fingerprint density at radius 2 is 2.27 bits per heavy atom. The molecule has 1 aromatic rings. The maximum Gasteiger partial charge on any atom is 0.109 e. The summed E-state index contributed by atoms with van der Waals surface area (Å²) < 4.78 is 0. The summed E-state index contributed by atoms with van der Waals surface area (Å²) in [5.41, 5.74) is 0. The number of thiazole rings is 1. The molecule has 1 N–H and O–H groups in total. The van der Waals surface area contributed by atoms with Crippen molar-refractivity contribution >= 4 is 11.3 Å². The fourth-order valence-electron chi connectivity index (χ4n) is 1.60. The van der Waals surface area contributed by atoms with Crippen LogP contribution in [0.2, 0.25) is 0 Å². The average molecular weight is 226 g/mol. The Balaban J connectivity index is 2.23. The molecule has 1 aromatic heterocycles. The van der Waals surface area contributed by atoms with Crippen molar-refractivity contribution in [2.24, 2.45) is 5.92 Å². The molecule has 0 saturated carbocycles. The smallest absolute Gasteiger partial charge is 0.109 e. The number of nitrogens with zero attached hydrogens (tertiary/aromatic N) is 1. The van der Waals surface area contributed by atoms with Gasteiger partial charge in [-0.2, -0.15) is 0 Å². The maximum absolute atomic E-state index is 4.36. The lowest BCUT2D eigenvalue weighted by atomic mass is 10.1. The van der Waals surface area contributed by atoms with Crippen LogP contribution in [-0.4, -0.2) is 11.5 Å². The van der Waals surface area contributed by atoms with E-state index in [1.807, 2.05) is 11.6 Å². The molecular formula is C12H22N2S. The molecule has 0 amide bonds. The summed E-state index contributed by atoms with van der Waals surface area (Å²) in [7, 11) is 0. The fraction of sp³-hybridized carbons (Fsp3) is 0.750. The Bertz CT molecular complexity index is 244. The molecule has 2 nitrogen and oxygen atoms in total. The van der Waals surface area contributed by atoms with Gasteiger partial charge in [0.1, 0.15) is 5.01 Å². The summed E-state index contributed by atoms with van der Waals surface area (Å²) >= 11 is 1.75. The van der Waals surface area contributed by atoms with Gasteiger partial charge in [0, 0.05) is 11.6 Å². The molecule has 0 saturated heterocycles. The zero-order chi connectivity index (χ0) is 11.1. The van der Waals surface area contributed by atoms with Gasteiger partial charge in [0.05, 0.1) is 6.04 Å². The average Bonchev–Trinajstić information content (AvgIpc) is 2.70. The van der Waals surface area contributed by atoms with Gasteiger partial charge in [-0.15, -0.1) is 11.3 Å². The first-order valence-corrected chi connectivity index (χ1v) is 6.74. The molecule has 0 spiro atoms.